The highest BCUT2D eigenvalue weighted by atomic mass is 32.1. The number of carbonyl (C=O) groups excluding carboxylic acids is 1. The molecule has 1 rings (SSSR count). The summed E-state index contributed by atoms with van der Waals surface area (Å²) in [7, 11) is 1.56. The van der Waals surface area contributed by atoms with Crippen LogP contribution in [-0.2, 0) is 0 Å². The smallest absolute Gasteiger partial charge is 0.264 e. The summed E-state index contributed by atoms with van der Waals surface area (Å²) in [6.07, 6.45) is 0. The molecule has 1 aromatic rings. The van der Waals surface area contributed by atoms with Crippen LogP contribution in [0.1, 0.15) is 23.5 Å². The third-order valence-corrected chi connectivity index (χ3v) is 3.70. The van der Waals surface area contributed by atoms with E-state index in [1.807, 2.05) is 6.92 Å². The lowest BCUT2D eigenvalue weighted by atomic mass is 10.1. The van der Waals surface area contributed by atoms with Gasteiger partial charge in [-0.1, -0.05) is 12.1 Å². The van der Waals surface area contributed by atoms with Gasteiger partial charge in [0.25, 0.3) is 5.91 Å². The zero-order valence-electron chi connectivity index (χ0n) is 11.3. The number of hydrogen-bond donors (Lipinski definition) is 2. The van der Waals surface area contributed by atoms with Gasteiger partial charge < -0.3 is 20.6 Å². The van der Waals surface area contributed by atoms with Crippen molar-refractivity contribution in [1.29, 1.82) is 0 Å². The molecule has 1 heterocycles. The van der Waals surface area contributed by atoms with Gasteiger partial charge in [-0.15, -0.1) is 11.3 Å². The maximum atomic E-state index is 12.3. The molecule has 3 N–H and O–H groups in total. The Morgan fingerprint density at radius 1 is 1.68 bits per heavy atom. The molecule has 0 aliphatic carbocycles. The van der Waals surface area contributed by atoms with Crippen molar-refractivity contribution in [3.05, 3.63) is 16.3 Å². The van der Waals surface area contributed by atoms with Crippen LogP contribution in [-0.4, -0.2) is 42.0 Å². The molecule has 7 heteroatoms. The van der Waals surface area contributed by atoms with Crippen LogP contribution < -0.4 is 10.5 Å². The largest absolute Gasteiger partial charge is 0.496 e. The highest BCUT2D eigenvalue weighted by Gasteiger charge is 2.20. The lowest BCUT2D eigenvalue weighted by Crippen LogP contribution is -2.38. The Hall–Kier alpha value is -1.76. The normalized spacial score (nSPS) is 13.1. The van der Waals surface area contributed by atoms with Gasteiger partial charge in [-0.25, -0.2) is 0 Å². The van der Waals surface area contributed by atoms with Crippen LogP contribution in [0.5, 0.6) is 5.75 Å². The zero-order chi connectivity index (χ0) is 14.4. The number of carbonyl (C=O) groups is 1. The molecular formula is C12H19N3O3S. The van der Waals surface area contributed by atoms with Crippen LogP contribution in [0, 0.1) is 5.92 Å². The first-order chi connectivity index (χ1) is 9.03. The van der Waals surface area contributed by atoms with E-state index in [0.29, 0.717) is 23.7 Å². The number of ether oxygens (including phenoxy) is 1. The Bertz CT molecular complexity index is 459. The Labute approximate surface area is 116 Å². The number of hydrogen-bond acceptors (Lipinski definition) is 5. The van der Waals surface area contributed by atoms with Crippen LogP contribution in [0.25, 0.3) is 0 Å². The summed E-state index contributed by atoms with van der Waals surface area (Å²) in [5.41, 5.74) is 5.53. The van der Waals surface area contributed by atoms with E-state index in [9.17, 15) is 4.79 Å². The number of amides is 1. The van der Waals surface area contributed by atoms with E-state index in [1.165, 1.54) is 11.3 Å². The average molecular weight is 285 g/mol. The first-order valence-electron chi connectivity index (χ1n) is 5.92. The molecule has 6 nitrogen and oxygen atoms in total. The monoisotopic (exact) mass is 285 g/mol. The molecule has 0 saturated heterocycles. The van der Waals surface area contributed by atoms with Crippen molar-refractivity contribution in [2.75, 3.05) is 20.2 Å². The number of oxime groups is 1. The van der Waals surface area contributed by atoms with E-state index in [-0.39, 0.29) is 17.7 Å². The lowest BCUT2D eigenvalue weighted by molar-refractivity contribution is 0.0758. The predicted octanol–water partition coefficient (Wildman–Crippen LogP) is 1.60. The minimum atomic E-state index is -0.198. The molecule has 1 atom stereocenters. The minimum Gasteiger partial charge on any atom is -0.496 e. The van der Waals surface area contributed by atoms with E-state index in [2.05, 4.69) is 5.16 Å². The number of methoxy groups -OCH3 is 1. The summed E-state index contributed by atoms with van der Waals surface area (Å²) in [4.78, 5) is 14.6. The minimum absolute atomic E-state index is 0.0756. The van der Waals surface area contributed by atoms with Crippen molar-refractivity contribution < 1.29 is 14.7 Å². The second-order valence-electron chi connectivity index (χ2n) is 4.12. The van der Waals surface area contributed by atoms with Crippen molar-refractivity contribution in [1.82, 2.24) is 4.90 Å². The fraction of sp³-hybridized carbons (Fsp3) is 0.500. The van der Waals surface area contributed by atoms with Gasteiger partial charge in [-0.05, 0) is 6.92 Å². The van der Waals surface area contributed by atoms with Gasteiger partial charge in [0.1, 0.15) is 11.6 Å². The topological polar surface area (TPSA) is 88.1 Å². The number of amidine groups is 1. The van der Waals surface area contributed by atoms with E-state index in [1.54, 1.807) is 30.4 Å². The third-order valence-electron chi connectivity index (χ3n) is 2.81. The molecule has 1 amide bonds. The maximum Gasteiger partial charge on any atom is 0.264 e. The molecule has 0 aromatic carbocycles. The Morgan fingerprint density at radius 3 is 2.84 bits per heavy atom. The summed E-state index contributed by atoms with van der Waals surface area (Å²) in [5.74, 6) is 0.521. The molecule has 0 radical (unpaired) electrons. The summed E-state index contributed by atoms with van der Waals surface area (Å²) in [5, 5.41) is 13.4. The number of thiophene rings is 1. The lowest BCUT2D eigenvalue weighted by Gasteiger charge is -2.23. The summed E-state index contributed by atoms with van der Waals surface area (Å²) < 4.78 is 5.06. The first-order valence-corrected chi connectivity index (χ1v) is 6.80. The van der Waals surface area contributed by atoms with Crippen LogP contribution in [0.3, 0.4) is 0 Å². The molecule has 0 bridgehead atoms. The predicted molar refractivity (Wildman–Crippen MR) is 75.0 cm³/mol. The van der Waals surface area contributed by atoms with Crippen molar-refractivity contribution in [2.24, 2.45) is 16.8 Å². The van der Waals surface area contributed by atoms with E-state index < -0.39 is 0 Å². The van der Waals surface area contributed by atoms with E-state index in [4.69, 9.17) is 15.7 Å². The van der Waals surface area contributed by atoms with Crippen molar-refractivity contribution in [2.45, 2.75) is 13.8 Å². The molecule has 0 spiro atoms. The average Bonchev–Trinajstić information content (AvgIpc) is 2.91. The van der Waals surface area contributed by atoms with Gasteiger partial charge in [0.05, 0.1) is 12.0 Å². The van der Waals surface area contributed by atoms with Gasteiger partial charge in [0, 0.05) is 30.5 Å². The fourth-order valence-electron chi connectivity index (χ4n) is 1.57. The van der Waals surface area contributed by atoms with Crippen molar-refractivity contribution >= 4 is 23.1 Å². The number of nitrogens with two attached hydrogens (primary N) is 1. The number of rotatable bonds is 6. The Balaban J connectivity index is 2.76. The molecule has 1 unspecified atom stereocenters. The third kappa shape index (κ3) is 3.85. The quantitative estimate of drug-likeness (QED) is 0.360. The molecule has 0 fully saturated rings. The SMILES string of the molecule is CCN(CC(C)C(N)=NO)C(=O)c1cc(OC)cs1. The molecule has 0 saturated carbocycles. The van der Waals surface area contributed by atoms with Crippen LogP contribution in [0.4, 0.5) is 0 Å². The Morgan fingerprint density at radius 2 is 2.37 bits per heavy atom. The Kier molecular flexibility index (Phi) is 5.62. The zero-order valence-corrected chi connectivity index (χ0v) is 12.1. The molecule has 0 aliphatic heterocycles. The first kappa shape index (κ1) is 15.3. The van der Waals surface area contributed by atoms with Crippen LogP contribution >= 0.6 is 11.3 Å². The second kappa shape index (κ2) is 6.98. The molecule has 106 valence electrons. The van der Waals surface area contributed by atoms with Crippen molar-refractivity contribution in [3.63, 3.8) is 0 Å². The maximum absolute atomic E-state index is 12.3. The fourth-order valence-corrected chi connectivity index (χ4v) is 2.39. The standard InChI is InChI=1S/C12H19N3O3S/c1-4-15(6-8(2)11(13)14-17)12(16)10-5-9(18-3)7-19-10/h5,7-8,17H,4,6H2,1-3H3,(H2,13,14). The highest BCUT2D eigenvalue weighted by Crippen LogP contribution is 2.22. The van der Waals surface area contributed by atoms with Gasteiger partial charge in [0.2, 0.25) is 0 Å². The molecule has 0 aliphatic rings. The summed E-state index contributed by atoms with van der Waals surface area (Å²) >= 11 is 1.34. The molecule has 19 heavy (non-hydrogen) atoms. The van der Waals surface area contributed by atoms with Gasteiger partial charge in [0.15, 0.2) is 0 Å². The second-order valence-corrected chi connectivity index (χ2v) is 5.03. The van der Waals surface area contributed by atoms with E-state index in [0.717, 1.165) is 0 Å². The van der Waals surface area contributed by atoms with Gasteiger partial charge >= 0.3 is 0 Å². The van der Waals surface area contributed by atoms with Crippen LogP contribution in [0.15, 0.2) is 16.6 Å². The van der Waals surface area contributed by atoms with Crippen LogP contribution in [0.2, 0.25) is 0 Å². The van der Waals surface area contributed by atoms with Gasteiger partial charge in [-0.2, -0.15) is 0 Å². The van der Waals surface area contributed by atoms with Gasteiger partial charge in [-0.3, -0.25) is 4.79 Å². The number of nitrogens with zero attached hydrogens (tertiary/aromatic N) is 2. The van der Waals surface area contributed by atoms with Crippen molar-refractivity contribution in [3.8, 4) is 5.75 Å². The summed E-state index contributed by atoms with van der Waals surface area (Å²) in [6.45, 7) is 4.66. The van der Waals surface area contributed by atoms with E-state index >= 15 is 0 Å². The summed E-state index contributed by atoms with van der Waals surface area (Å²) in [6, 6.07) is 1.71. The highest BCUT2D eigenvalue weighted by molar-refractivity contribution is 7.12. The molecular weight excluding hydrogens is 266 g/mol. The molecule has 1 aromatic heterocycles.